The van der Waals surface area contributed by atoms with Crippen molar-refractivity contribution >= 4 is 17.4 Å². The molecule has 0 unspecified atom stereocenters. The van der Waals surface area contributed by atoms with Crippen molar-refractivity contribution in [3.8, 4) is 0 Å². The summed E-state index contributed by atoms with van der Waals surface area (Å²) >= 11 is 0. The van der Waals surface area contributed by atoms with Crippen LogP contribution >= 0.6 is 7.60 Å². The van der Waals surface area contributed by atoms with Gasteiger partial charge in [0.2, 0.25) is 0 Å². The SMILES string of the molecule is CCOP(=O)(/C=C(\C)CS(=O)(=O)c1ccccc1)OCC. The average Bonchev–Trinajstić information content (AvgIpc) is 2.39. The third-order valence-corrected chi connectivity index (χ3v) is 6.34. The first-order chi connectivity index (χ1) is 9.83. The zero-order valence-electron chi connectivity index (χ0n) is 12.5. The Morgan fingerprint density at radius 2 is 1.67 bits per heavy atom. The number of benzene rings is 1. The second-order valence-corrected chi connectivity index (χ2v) is 8.27. The van der Waals surface area contributed by atoms with Gasteiger partial charge in [0.05, 0.1) is 23.9 Å². The fourth-order valence-electron chi connectivity index (χ4n) is 1.79. The van der Waals surface area contributed by atoms with Crippen molar-refractivity contribution < 1.29 is 22.0 Å². The van der Waals surface area contributed by atoms with Gasteiger partial charge in [0, 0.05) is 5.82 Å². The Balaban J connectivity index is 2.96. The van der Waals surface area contributed by atoms with Gasteiger partial charge in [0.25, 0.3) is 0 Å². The molecule has 1 aromatic rings. The second kappa shape index (κ2) is 7.90. The number of hydrogen-bond acceptors (Lipinski definition) is 5. The molecule has 0 heterocycles. The van der Waals surface area contributed by atoms with E-state index >= 15 is 0 Å². The van der Waals surface area contributed by atoms with Crippen molar-refractivity contribution in [3.05, 3.63) is 41.7 Å². The highest BCUT2D eigenvalue weighted by Crippen LogP contribution is 2.50. The maximum Gasteiger partial charge on any atom is 0.354 e. The molecule has 0 saturated heterocycles. The standard InChI is InChI=1S/C14H21O5PS/c1-4-18-20(15,19-5-2)11-13(3)12-21(16,17)14-9-7-6-8-10-14/h6-11H,4-5,12H2,1-3H3/b13-11+. The molecule has 0 fully saturated rings. The molecule has 0 aliphatic rings. The highest BCUT2D eigenvalue weighted by atomic mass is 32.2. The molecule has 0 spiro atoms. The van der Waals surface area contributed by atoms with Crippen molar-refractivity contribution in [1.82, 2.24) is 0 Å². The van der Waals surface area contributed by atoms with Crippen molar-refractivity contribution in [2.24, 2.45) is 0 Å². The molecule has 0 aromatic heterocycles. The molecule has 1 aromatic carbocycles. The lowest BCUT2D eigenvalue weighted by Gasteiger charge is -2.14. The zero-order chi connectivity index (χ0) is 15.9. The van der Waals surface area contributed by atoms with Crippen LogP contribution < -0.4 is 0 Å². The van der Waals surface area contributed by atoms with Crippen LogP contribution in [0.2, 0.25) is 0 Å². The molecule has 0 saturated carbocycles. The summed E-state index contributed by atoms with van der Waals surface area (Å²) in [6, 6.07) is 8.15. The largest absolute Gasteiger partial charge is 0.354 e. The smallest absolute Gasteiger partial charge is 0.306 e. The molecule has 0 amide bonds. The van der Waals surface area contributed by atoms with Crippen molar-refractivity contribution in [1.29, 1.82) is 0 Å². The fraction of sp³-hybridized carbons (Fsp3) is 0.429. The minimum absolute atomic E-state index is 0.221. The van der Waals surface area contributed by atoms with Crippen LogP contribution in [-0.4, -0.2) is 27.4 Å². The van der Waals surface area contributed by atoms with Gasteiger partial charge in [-0.15, -0.1) is 0 Å². The van der Waals surface area contributed by atoms with Crippen LogP contribution in [0.15, 0.2) is 46.6 Å². The van der Waals surface area contributed by atoms with E-state index in [1.807, 2.05) is 0 Å². The highest BCUT2D eigenvalue weighted by molar-refractivity contribution is 7.91. The molecule has 118 valence electrons. The molecule has 0 aliphatic heterocycles. The van der Waals surface area contributed by atoms with Crippen LogP contribution in [-0.2, 0) is 23.4 Å². The first-order valence-corrected chi connectivity index (χ1v) is 9.94. The summed E-state index contributed by atoms with van der Waals surface area (Å²) in [5.41, 5.74) is 0.434. The average molecular weight is 332 g/mol. The molecule has 0 atom stereocenters. The molecule has 5 nitrogen and oxygen atoms in total. The van der Waals surface area contributed by atoms with Gasteiger partial charge >= 0.3 is 7.60 Å². The first kappa shape index (κ1) is 18.1. The van der Waals surface area contributed by atoms with Crippen LogP contribution in [0.1, 0.15) is 20.8 Å². The third-order valence-electron chi connectivity index (χ3n) is 2.52. The van der Waals surface area contributed by atoms with Gasteiger partial charge in [-0.2, -0.15) is 0 Å². The van der Waals surface area contributed by atoms with Crippen LogP contribution in [0.3, 0.4) is 0 Å². The predicted molar refractivity (Wildman–Crippen MR) is 83.1 cm³/mol. The topological polar surface area (TPSA) is 69.7 Å². The van der Waals surface area contributed by atoms with Gasteiger partial charge in [-0.05, 0) is 38.5 Å². The summed E-state index contributed by atoms with van der Waals surface area (Å²) in [5.74, 6) is 1.07. The Morgan fingerprint density at radius 3 is 2.14 bits per heavy atom. The van der Waals surface area contributed by atoms with Crippen LogP contribution in [0, 0.1) is 0 Å². The van der Waals surface area contributed by atoms with E-state index in [9.17, 15) is 13.0 Å². The summed E-state index contributed by atoms with van der Waals surface area (Å²) in [6.07, 6.45) is 0. The molecule has 0 aliphatic carbocycles. The van der Waals surface area contributed by atoms with E-state index in [0.717, 1.165) is 0 Å². The summed E-state index contributed by atoms with van der Waals surface area (Å²) in [6.45, 7) is 5.47. The van der Waals surface area contributed by atoms with E-state index < -0.39 is 17.4 Å². The maximum absolute atomic E-state index is 12.3. The van der Waals surface area contributed by atoms with Crippen molar-refractivity contribution in [2.75, 3.05) is 19.0 Å². The van der Waals surface area contributed by atoms with Crippen LogP contribution in [0.4, 0.5) is 0 Å². The Morgan fingerprint density at radius 1 is 1.14 bits per heavy atom. The van der Waals surface area contributed by atoms with Gasteiger partial charge < -0.3 is 9.05 Å². The second-order valence-electron chi connectivity index (χ2n) is 4.42. The number of sulfone groups is 1. The van der Waals surface area contributed by atoms with E-state index in [1.54, 1.807) is 39.0 Å². The van der Waals surface area contributed by atoms with E-state index in [0.29, 0.717) is 5.57 Å². The lowest BCUT2D eigenvalue weighted by atomic mass is 10.4. The van der Waals surface area contributed by atoms with Gasteiger partial charge in [0.15, 0.2) is 9.84 Å². The van der Waals surface area contributed by atoms with E-state index in [2.05, 4.69) is 0 Å². The minimum atomic E-state index is -3.46. The van der Waals surface area contributed by atoms with E-state index in [1.165, 1.54) is 17.9 Å². The molecule has 0 N–H and O–H groups in total. The summed E-state index contributed by atoms with van der Waals surface area (Å²) in [4.78, 5) is 0.236. The number of rotatable bonds is 8. The molecule has 1 rings (SSSR count). The summed E-state index contributed by atoms with van der Waals surface area (Å²) in [5, 5.41) is 0. The van der Waals surface area contributed by atoms with E-state index in [4.69, 9.17) is 9.05 Å². The third kappa shape index (κ3) is 5.75. The fourth-order valence-corrected chi connectivity index (χ4v) is 4.91. The maximum atomic E-state index is 12.3. The zero-order valence-corrected chi connectivity index (χ0v) is 14.2. The van der Waals surface area contributed by atoms with E-state index in [-0.39, 0.29) is 23.9 Å². The summed E-state index contributed by atoms with van der Waals surface area (Å²) < 4.78 is 47.0. The van der Waals surface area contributed by atoms with Crippen LogP contribution in [0.25, 0.3) is 0 Å². The number of hydrogen-bond donors (Lipinski definition) is 0. The molecular formula is C14H21O5PS. The lowest BCUT2D eigenvalue weighted by molar-refractivity contribution is 0.228. The Kier molecular flexibility index (Phi) is 6.81. The van der Waals surface area contributed by atoms with Crippen molar-refractivity contribution in [2.45, 2.75) is 25.7 Å². The Bertz CT molecular complexity index is 612. The predicted octanol–water partition coefficient (Wildman–Crippen LogP) is 3.63. The molecule has 0 radical (unpaired) electrons. The quantitative estimate of drug-likeness (QED) is 0.680. The lowest BCUT2D eigenvalue weighted by Crippen LogP contribution is -2.08. The molecule has 21 heavy (non-hydrogen) atoms. The first-order valence-electron chi connectivity index (χ1n) is 6.68. The van der Waals surface area contributed by atoms with Gasteiger partial charge in [0.1, 0.15) is 0 Å². The van der Waals surface area contributed by atoms with Gasteiger partial charge in [-0.1, -0.05) is 18.2 Å². The monoisotopic (exact) mass is 332 g/mol. The normalized spacial score (nSPS) is 13.4. The molecular weight excluding hydrogens is 311 g/mol. The Labute approximate surface area is 126 Å². The van der Waals surface area contributed by atoms with Crippen LogP contribution in [0.5, 0.6) is 0 Å². The van der Waals surface area contributed by atoms with Crippen molar-refractivity contribution in [3.63, 3.8) is 0 Å². The molecule has 7 heteroatoms. The van der Waals surface area contributed by atoms with Gasteiger partial charge in [-0.3, -0.25) is 4.57 Å². The summed E-state index contributed by atoms with van der Waals surface area (Å²) in [7, 11) is -6.84. The van der Waals surface area contributed by atoms with Gasteiger partial charge in [-0.25, -0.2) is 8.42 Å². The minimum Gasteiger partial charge on any atom is -0.306 e. The molecule has 0 bridgehead atoms. The highest BCUT2D eigenvalue weighted by Gasteiger charge is 2.22. The Hall–Kier alpha value is -0.940.